The topological polar surface area (TPSA) is 87.2 Å². The van der Waals surface area contributed by atoms with Crippen LogP contribution >= 0.6 is 0 Å². The molecule has 2 heterocycles. The summed E-state index contributed by atoms with van der Waals surface area (Å²) in [6.07, 6.45) is 1.27. The van der Waals surface area contributed by atoms with Crippen LogP contribution in [0.1, 0.15) is 25.5 Å². The molecule has 0 radical (unpaired) electrons. The first-order valence-electron chi connectivity index (χ1n) is 8.15. The smallest absolute Gasteiger partial charge is 0.319 e. The Hall–Kier alpha value is -2.70. The molecule has 1 aliphatic rings. The van der Waals surface area contributed by atoms with E-state index in [4.69, 9.17) is 0 Å². The second kappa shape index (κ2) is 6.82. The summed E-state index contributed by atoms with van der Waals surface area (Å²) in [5, 5.41) is 14.7. The summed E-state index contributed by atoms with van der Waals surface area (Å²) < 4.78 is 0. The third-order valence-corrected chi connectivity index (χ3v) is 4.04. The number of fused-ring (bicyclic) bond motifs is 1. The lowest BCUT2D eigenvalue weighted by Gasteiger charge is -2.16. The van der Waals surface area contributed by atoms with Crippen molar-refractivity contribution in [3.63, 3.8) is 0 Å². The summed E-state index contributed by atoms with van der Waals surface area (Å²) in [5.41, 5.74) is 2.19. The lowest BCUT2D eigenvalue weighted by atomic mass is 10.2. The fourth-order valence-corrected chi connectivity index (χ4v) is 2.97. The van der Waals surface area contributed by atoms with Crippen molar-refractivity contribution in [3.05, 3.63) is 30.0 Å². The van der Waals surface area contributed by atoms with E-state index in [-0.39, 0.29) is 18.0 Å². The van der Waals surface area contributed by atoms with Crippen molar-refractivity contribution in [1.29, 1.82) is 0 Å². The van der Waals surface area contributed by atoms with Crippen LogP contribution in [-0.4, -0.2) is 46.2 Å². The highest BCUT2D eigenvalue weighted by atomic mass is 16.2. The van der Waals surface area contributed by atoms with E-state index in [1.165, 1.54) is 0 Å². The van der Waals surface area contributed by atoms with Gasteiger partial charge in [0.2, 0.25) is 5.91 Å². The van der Waals surface area contributed by atoms with E-state index in [0.29, 0.717) is 18.7 Å². The minimum absolute atomic E-state index is 0.0956. The van der Waals surface area contributed by atoms with Gasteiger partial charge in [-0.05, 0) is 31.5 Å². The molecule has 7 heteroatoms. The molecule has 0 aliphatic carbocycles. The molecule has 126 valence electrons. The van der Waals surface area contributed by atoms with Gasteiger partial charge in [-0.2, -0.15) is 10.2 Å². The summed E-state index contributed by atoms with van der Waals surface area (Å²) in [4.78, 5) is 25.9. The molecule has 0 bridgehead atoms. The quantitative estimate of drug-likeness (QED) is 0.900. The van der Waals surface area contributed by atoms with Crippen molar-refractivity contribution in [3.8, 4) is 0 Å². The minimum atomic E-state index is -0.312. The number of urea groups is 1. The van der Waals surface area contributed by atoms with E-state index in [0.717, 1.165) is 29.6 Å². The van der Waals surface area contributed by atoms with Gasteiger partial charge in [0.15, 0.2) is 0 Å². The molecule has 3 rings (SSSR count). The first-order valence-corrected chi connectivity index (χ1v) is 8.15. The Morgan fingerprint density at radius 1 is 1.38 bits per heavy atom. The zero-order valence-corrected chi connectivity index (χ0v) is 13.9. The first-order chi connectivity index (χ1) is 11.6. The second-order valence-corrected chi connectivity index (χ2v) is 6.06. The Labute approximate surface area is 140 Å². The highest BCUT2D eigenvalue weighted by Gasteiger charge is 2.29. The summed E-state index contributed by atoms with van der Waals surface area (Å²) >= 11 is 0. The minimum Gasteiger partial charge on any atom is -0.341 e. The van der Waals surface area contributed by atoms with Gasteiger partial charge >= 0.3 is 6.03 Å². The zero-order valence-electron chi connectivity index (χ0n) is 13.9. The van der Waals surface area contributed by atoms with E-state index in [9.17, 15) is 9.59 Å². The molecular formula is C17H21N5O2. The second-order valence-electron chi connectivity index (χ2n) is 6.06. The fourth-order valence-electron chi connectivity index (χ4n) is 2.97. The van der Waals surface area contributed by atoms with Crippen LogP contribution in [0.4, 0.5) is 10.5 Å². The molecule has 2 N–H and O–H groups in total. The summed E-state index contributed by atoms with van der Waals surface area (Å²) in [7, 11) is 0. The van der Waals surface area contributed by atoms with Gasteiger partial charge in [-0.3, -0.25) is 4.79 Å². The van der Waals surface area contributed by atoms with Gasteiger partial charge in [0.25, 0.3) is 0 Å². The molecular weight excluding hydrogens is 306 g/mol. The van der Waals surface area contributed by atoms with Crippen LogP contribution in [-0.2, 0) is 4.79 Å². The van der Waals surface area contributed by atoms with Crippen LogP contribution in [0.15, 0.2) is 24.3 Å². The Bertz CT molecular complexity index is 777. The van der Waals surface area contributed by atoms with Crippen molar-refractivity contribution in [1.82, 2.24) is 20.4 Å². The molecule has 0 spiro atoms. The van der Waals surface area contributed by atoms with Crippen LogP contribution in [0.2, 0.25) is 0 Å². The largest absolute Gasteiger partial charge is 0.341 e. The number of aromatic nitrogens is 2. The third kappa shape index (κ3) is 3.45. The number of amides is 3. The lowest BCUT2D eigenvalue weighted by molar-refractivity contribution is -0.127. The van der Waals surface area contributed by atoms with Gasteiger partial charge in [-0.1, -0.05) is 13.0 Å². The van der Waals surface area contributed by atoms with Crippen LogP contribution in [0, 0.1) is 6.92 Å². The highest BCUT2D eigenvalue weighted by molar-refractivity contribution is 6.00. The van der Waals surface area contributed by atoms with Crippen molar-refractivity contribution in [2.75, 3.05) is 18.4 Å². The van der Waals surface area contributed by atoms with Gasteiger partial charge in [0, 0.05) is 24.9 Å². The van der Waals surface area contributed by atoms with Crippen molar-refractivity contribution >= 4 is 28.5 Å². The molecule has 0 saturated carbocycles. The van der Waals surface area contributed by atoms with Gasteiger partial charge in [0.1, 0.15) is 0 Å². The summed E-state index contributed by atoms with van der Waals surface area (Å²) in [6.45, 7) is 5.20. The standard InChI is InChI=1S/C17H21N5O2/c1-3-7-22-10-12(9-16(22)23)18-17(24)19-14-5-4-6-15-13(14)8-11(2)20-21-15/h4-6,8,12H,3,7,9-10H2,1-2H3,(H2,18,19,24). The van der Waals surface area contributed by atoms with E-state index in [1.54, 1.807) is 4.90 Å². The van der Waals surface area contributed by atoms with Gasteiger partial charge < -0.3 is 15.5 Å². The van der Waals surface area contributed by atoms with Crippen molar-refractivity contribution < 1.29 is 9.59 Å². The summed E-state index contributed by atoms with van der Waals surface area (Å²) in [5.74, 6) is 0.0956. The normalized spacial score (nSPS) is 17.3. The Kier molecular flexibility index (Phi) is 4.59. The number of carbonyl (C=O) groups excluding carboxylic acids is 2. The number of likely N-dealkylation sites (tertiary alicyclic amines) is 1. The summed E-state index contributed by atoms with van der Waals surface area (Å²) in [6, 6.07) is 6.92. The molecule has 1 saturated heterocycles. The molecule has 1 aromatic heterocycles. The van der Waals surface area contributed by atoms with Crippen LogP contribution in [0.3, 0.4) is 0 Å². The van der Waals surface area contributed by atoms with E-state index >= 15 is 0 Å². The maximum absolute atomic E-state index is 12.3. The average molecular weight is 327 g/mol. The number of rotatable bonds is 4. The molecule has 3 amide bonds. The monoisotopic (exact) mass is 327 g/mol. The predicted octanol–water partition coefficient (Wildman–Crippen LogP) is 2.07. The molecule has 1 atom stereocenters. The lowest BCUT2D eigenvalue weighted by Crippen LogP contribution is -2.39. The first kappa shape index (κ1) is 16.2. The molecule has 24 heavy (non-hydrogen) atoms. The number of nitrogens with zero attached hydrogens (tertiary/aromatic N) is 3. The maximum Gasteiger partial charge on any atom is 0.319 e. The van der Waals surface area contributed by atoms with Gasteiger partial charge in [0.05, 0.1) is 22.9 Å². The Morgan fingerprint density at radius 2 is 2.21 bits per heavy atom. The Morgan fingerprint density at radius 3 is 3.00 bits per heavy atom. The maximum atomic E-state index is 12.3. The molecule has 1 aromatic carbocycles. The SMILES string of the molecule is CCCN1CC(NC(=O)Nc2cccc3nnc(C)cc23)CC1=O. The van der Waals surface area contributed by atoms with Crippen molar-refractivity contribution in [2.45, 2.75) is 32.7 Å². The number of anilines is 1. The molecule has 1 aliphatic heterocycles. The van der Waals surface area contributed by atoms with Crippen LogP contribution in [0.25, 0.3) is 10.9 Å². The van der Waals surface area contributed by atoms with Gasteiger partial charge in [-0.15, -0.1) is 0 Å². The molecule has 2 aromatic rings. The van der Waals surface area contributed by atoms with Gasteiger partial charge in [-0.25, -0.2) is 4.79 Å². The Balaban J connectivity index is 1.68. The van der Waals surface area contributed by atoms with Crippen molar-refractivity contribution in [2.24, 2.45) is 0 Å². The van der Waals surface area contributed by atoms with E-state index < -0.39 is 0 Å². The third-order valence-electron chi connectivity index (χ3n) is 4.04. The highest BCUT2D eigenvalue weighted by Crippen LogP contribution is 2.22. The van der Waals surface area contributed by atoms with E-state index in [1.807, 2.05) is 38.1 Å². The number of hydrogen-bond acceptors (Lipinski definition) is 4. The fraction of sp³-hybridized carbons (Fsp3) is 0.412. The number of aryl methyl sites for hydroxylation is 1. The number of nitrogens with one attached hydrogen (secondary N) is 2. The molecule has 1 fully saturated rings. The van der Waals surface area contributed by atoms with E-state index in [2.05, 4.69) is 20.8 Å². The average Bonchev–Trinajstić information content (AvgIpc) is 2.88. The molecule has 1 unspecified atom stereocenters. The zero-order chi connectivity index (χ0) is 17.1. The number of benzene rings is 1. The number of hydrogen-bond donors (Lipinski definition) is 2. The molecule has 7 nitrogen and oxygen atoms in total. The van der Waals surface area contributed by atoms with Crippen LogP contribution < -0.4 is 10.6 Å². The van der Waals surface area contributed by atoms with Crippen LogP contribution in [0.5, 0.6) is 0 Å². The number of carbonyl (C=O) groups is 2. The predicted molar refractivity (Wildman–Crippen MR) is 91.7 cm³/mol.